The molecule has 0 aliphatic heterocycles. The van der Waals surface area contributed by atoms with E-state index in [-0.39, 0.29) is 22.6 Å². The molecule has 46 heavy (non-hydrogen) atoms. The molecule has 17 heteroatoms. The van der Waals surface area contributed by atoms with Crippen LogP contribution in [-0.4, -0.2) is 42.5 Å². The molecular weight excluding hydrogens is 633 g/mol. The van der Waals surface area contributed by atoms with Crippen LogP contribution in [0.25, 0.3) is 0 Å². The van der Waals surface area contributed by atoms with Gasteiger partial charge >= 0.3 is 14.0 Å². The van der Waals surface area contributed by atoms with Gasteiger partial charge in [0.1, 0.15) is 39.7 Å². The number of anilines is 1. The van der Waals surface area contributed by atoms with E-state index in [1.165, 1.54) is 28.0 Å². The lowest BCUT2D eigenvalue weighted by Crippen LogP contribution is -2.27. The number of pyridine rings is 1. The van der Waals surface area contributed by atoms with Gasteiger partial charge in [0.2, 0.25) is 0 Å². The second-order valence-electron chi connectivity index (χ2n) is 12.8. The number of rotatable bonds is 10. The summed E-state index contributed by atoms with van der Waals surface area (Å²) < 4.78 is 91.1. The summed E-state index contributed by atoms with van der Waals surface area (Å²) in [6.45, 7) is 9.37. The molecule has 0 radical (unpaired) electrons. The Labute approximate surface area is 265 Å². The van der Waals surface area contributed by atoms with Crippen molar-refractivity contribution in [1.29, 1.82) is 0 Å². The Morgan fingerprint density at radius 2 is 1.54 bits per heavy atom. The predicted molar refractivity (Wildman–Crippen MR) is 168 cm³/mol. The van der Waals surface area contributed by atoms with E-state index in [4.69, 9.17) is 18.3 Å². The summed E-state index contributed by atoms with van der Waals surface area (Å²) in [4.78, 5) is 26.1. The van der Waals surface area contributed by atoms with Crippen molar-refractivity contribution in [3.8, 4) is 11.5 Å². The quantitative estimate of drug-likeness (QED) is 0.173. The number of phosphoric ester groups is 1. The molecule has 0 fully saturated rings. The number of aliphatic hydroxyl groups is 1. The molecule has 3 aromatic rings. The zero-order chi connectivity index (χ0) is 34.9. The fraction of sp³-hybridized carbons (Fsp3) is 0.379. The zero-order valence-corrected chi connectivity index (χ0v) is 27.5. The summed E-state index contributed by atoms with van der Waals surface area (Å²) in [5.41, 5.74) is -4.10. The number of ether oxygens (including phenoxy) is 1. The van der Waals surface area contributed by atoms with Crippen LogP contribution in [0.4, 0.5) is 23.2 Å². The molecule has 2 aromatic carbocycles. The van der Waals surface area contributed by atoms with E-state index in [2.05, 4.69) is 5.32 Å². The Bertz CT molecular complexity index is 1680. The lowest BCUT2D eigenvalue weighted by Gasteiger charge is -2.30. The van der Waals surface area contributed by atoms with Crippen LogP contribution in [0.15, 0.2) is 59.5 Å². The molecule has 0 saturated carbocycles. The van der Waals surface area contributed by atoms with Crippen LogP contribution < -0.4 is 15.6 Å². The minimum Gasteiger partial charge on any atom is -0.456 e. The first-order valence-corrected chi connectivity index (χ1v) is 15.4. The van der Waals surface area contributed by atoms with Gasteiger partial charge in [-0.15, -0.1) is 0 Å². The van der Waals surface area contributed by atoms with Gasteiger partial charge in [0.05, 0.1) is 22.3 Å². The maximum Gasteiger partial charge on any atom is 0.477 e. The van der Waals surface area contributed by atoms with Crippen molar-refractivity contribution in [2.45, 2.75) is 71.1 Å². The molecule has 0 spiro atoms. The molecule has 3 rings (SSSR count). The number of carbonyl (C=O) groups excluding carboxylic acids is 1. The Morgan fingerprint density at radius 3 is 2.07 bits per heavy atom. The van der Waals surface area contributed by atoms with Crippen molar-refractivity contribution < 1.29 is 50.3 Å². The van der Waals surface area contributed by atoms with Gasteiger partial charge in [0.15, 0.2) is 0 Å². The normalized spacial score (nSPS) is 13.0. The van der Waals surface area contributed by atoms with Gasteiger partial charge in [0, 0.05) is 28.9 Å². The van der Waals surface area contributed by atoms with Crippen molar-refractivity contribution in [1.82, 2.24) is 4.57 Å². The Hall–Kier alpha value is -3.42. The smallest absolute Gasteiger partial charge is 0.456 e. The highest BCUT2D eigenvalue weighted by atomic mass is 31.2. The average molecular weight is 668 g/mol. The molecule has 1 heterocycles. The van der Waals surface area contributed by atoms with E-state index in [1.807, 2.05) is 0 Å². The Balaban J connectivity index is 1.90. The maximum absolute atomic E-state index is 13.9. The number of hydrogen-bond acceptors (Lipinski definition) is 8. The van der Waals surface area contributed by atoms with E-state index in [0.29, 0.717) is 12.1 Å². The largest absolute Gasteiger partial charge is 0.477 e. The summed E-state index contributed by atoms with van der Waals surface area (Å²) in [5, 5.41) is 11.3. The zero-order valence-electron chi connectivity index (χ0n) is 26.6. The third-order valence-electron chi connectivity index (χ3n) is 5.75. The molecule has 0 bridgehead atoms. The van der Waals surface area contributed by atoms with Crippen molar-refractivity contribution in [2.75, 3.05) is 5.32 Å². The van der Waals surface area contributed by atoms with Crippen molar-refractivity contribution in [3.63, 3.8) is 0 Å². The molecule has 1 aromatic heterocycles. The van der Waals surface area contributed by atoms with Crippen LogP contribution >= 0.6 is 7.82 Å². The van der Waals surface area contributed by atoms with E-state index in [0.717, 1.165) is 34.9 Å². The van der Waals surface area contributed by atoms with E-state index >= 15 is 0 Å². The Morgan fingerprint density at radius 1 is 0.935 bits per heavy atom. The van der Waals surface area contributed by atoms with E-state index in [9.17, 15) is 36.8 Å². The highest BCUT2D eigenvalue weighted by Gasteiger charge is 2.37. The molecule has 0 aliphatic rings. The summed E-state index contributed by atoms with van der Waals surface area (Å²) in [6.07, 6.45) is -3.56. The van der Waals surface area contributed by atoms with Gasteiger partial charge in [-0.1, -0.05) is 0 Å². The van der Waals surface area contributed by atoms with Gasteiger partial charge in [-0.3, -0.25) is 27.7 Å². The lowest BCUT2D eigenvalue weighted by atomic mass is 9.61. The van der Waals surface area contributed by atoms with Crippen molar-refractivity contribution in [2.24, 2.45) is 0 Å². The maximum atomic E-state index is 13.9. The van der Waals surface area contributed by atoms with Crippen LogP contribution in [-0.2, 0) is 36.4 Å². The van der Waals surface area contributed by atoms with Crippen LogP contribution in [0.2, 0.25) is 0 Å². The first kappa shape index (κ1) is 37.0. The third kappa shape index (κ3) is 10.6. The standard InChI is InChI=1S/C29H35B2F4N2O8P/c1-26(2,3)44-46(41,45-27(4,5)6)42-16-37-12-11-19(15-24(37)38)36-25(39)20-9-7-17(29(33,34)35)13-23(20)43-22-10-8-18(32)14-21(22)28(30,31)40/h7-15,40H,16,30-31H2,1-6H3,(H,36,39). The molecule has 0 saturated heterocycles. The number of amides is 1. The van der Waals surface area contributed by atoms with Gasteiger partial charge in [-0.2, -0.15) is 13.2 Å². The summed E-state index contributed by atoms with van der Waals surface area (Å²) >= 11 is 0. The molecule has 0 atom stereocenters. The number of alkyl halides is 3. The number of nitrogens with one attached hydrogen (secondary N) is 1. The predicted octanol–water partition coefficient (Wildman–Crippen LogP) is 5.13. The molecule has 248 valence electrons. The van der Waals surface area contributed by atoms with Crippen LogP contribution in [0, 0.1) is 5.82 Å². The monoisotopic (exact) mass is 668 g/mol. The highest BCUT2D eigenvalue weighted by molar-refractivity contribution is 7.48. The number of hydrogen-bond donors (Lipinski definition) is 2. The average Bonchev–Trinajstić information content (AvgIpc) is 2.85. The first-order chi connectivity index (χ1) is 20.9. The van der Waals surface area contributed by atoms with Gasteiger partial charge in [0.25, 0.3) is 11.5 Å². The summed E-state index contributed by atoms with van der Waals surface area (Å²) in [7, 11) is -1.49. The van der Waals surface area contributed by atoms with Crippen LogP contribution in [0.3, 0.4) is 0 Å². The van der Waals surface area contributed by atoms with Crippen molar-refractivity contribution >= 4 is 35.1 Å². The molecule has 0 aliphatic carbocycles. The van der Waals surface area contributed by atoms with Crippen LogP contribution in [0.5, 0.6) is 11.5 Å². The van der Waals surface area contributed by atoms with Crippen LogP contribution in [0.1, 0.15) is 63.0 Å². The number of phosphoric acid groups is 1. The molecule has 1 amide bonds. The van der Waals surface area contributed by atoms with Gasteiger partial charge in [-0.05, 0) is 84.0 Å². The minimum atomic E-state index is -4.79. The number of benzene rings is 2. The van der Waals surface area contributed by atoms with Gasteiger partial charge in [-0.25, -0.2) is 8.96 Å². The fourth-order valence-corrected chi connectivity index (χ4v) is 5.67. The van der Waals surface area contributed by atoms with Crippen molar-refractivity contribution in [3.05, 3.63) is 87.6 Å². The SMILES string of the molecule is BC(B)(O)c1cc(F)ccc1Oc1cc(C(F)(F)F)ccc1C(=O)Nc1ccn(COP(=O)(OC(C)(C)C)OC(C)(C)C)c(=O)c1. The second-order valence-corrected chi connectivity index (χ2v) is 14.3. The molecular formula is C29H35B2F4N2O8P. The van der Waals surface area contributed by atoms with E-state index in [1.54, 1.807) is 41.5 Å². The minimum absolute atomic E-state index is 0.0314. The Kier molecular flexibility index (Phi) is 10.8. The third-order valence-corrected chi connectivity index (χ3v) is 7.73. The highest BCUT2D eigenvalue weighted by Crippen LogP contribution is 2.55. The number of aromatic nitrogens is 1. The molecule has 0 unspecified atom stereocenters. The second kappa shape index (κ2) is 13.4. The lowest BCUT2D eigenvalue weighted by molar-refractivity contribution is -0.137. The fourth-order valence-electron chi connectivity index (χ4n) is 3.92. The molecule has 10 nitrogen and oxygen atoms in total. The summed E-state index contributed by atoms with van der Waals surface area (Å²) in [5.74, 6) is -2.39. The summed E-state index contributed by atoms with van der Waals surface area (Å²) in [6, 6.07) is 7.54. The first-order valence-electron chi connectivity index (χ1n) is 13.9. The van der Waals surface area contributed by atoms with Gasteiger partial charge < -0.3 is 15.2 Å². The van der Waals surface area contributed by atoms with E-state index < -0.39 is 65.9 Å². The topological polar surface area (TPSA) is 125 Å². The number of carbonyl (C=O) groups is 1. The molecule has 2 N–H and O–H groups in total. The number of halogens is 4. The number of nitrogens with zero attached hydrogens (tertiary/aromatic N) is 1.